The number of nitriles is 1. The van der Waals surface area contributed by atoms with Gasteiger partial charge >= 0.3 is 0 Å². The predicted molar refractivity (Wildman–Crippen MR) is 154 cm³/mol. The Morgan fingerprint density at radius 3 is 2.37 bits per heavy atom. The minimum atomic E-state index is -0.230. The fraction of sp³-hybridized carbons (Fsp3) is 0.267. The number of nitrogens with zero attached hydrogens (tertiary/aromatic N) is 7. The Balaban J connectivity index is 1.27. The molecule has 1 aliphatic heterocycles. The summed E-state index contributed by atoms with van der Waals surface area (Å²) in [6.07, 6.45) is 0. The van der Waals surface area contributed by atoms with Crippen molar-refractivity contribution >= 4 is 28.2 Å². The fourth-order valence-electron chi connectivity index (χ4n) is 5.11. The Morgan fingerprint density at radius 1 is 0.951 bits per heavy atom. The van der Waals surface area contributed by atoms with Crippen LogP contribution in [-0.2, 0) is 13.1 Å². The second kappa shape index (κ2) is 11.3. The summed E-state index contributed by atoms with van der Waals surface area (Å²) < 4.78 is 25.9. The highest BCUT2D eigenvalue weighted by Crippen LogP contribution is 2.26. The number of piperazine rings is 1. The molecule has 6 rings (SSSR count). The molecule has 0 atom stereocenters. The molecule has 3 heterocycles. The van der Waals surface area contributed by atoms with Gasteiger partial charge in [0.15, 0.2) is 11.5 Å². The van der Waals surface area contributed by atoms with Crippen molar-refractivity contribution in [2.24, 2.45) is 0 Å². The summed E-state index contributed by atoms with van der Waals surface area (Å²) >= 11 is 0. The second-order valence-corrected chi connectivity index (χ2v) is 9.83. The normalized spacial score (nSPS) is 13.9. The first-order chi connectivity index (χ1) is 20.0. The summed E-state index contributed by atoms with van der Waals surface area (Å²) in [5, 5.41) is 18.7. The Labute approximate surface area is 236 Å². The van der Waals surface area contributed by atoms with E-state index in [9.17, 15) is 9.65 Å². The van der Waals surface area contributed by atoms with E-state index in [0.717, 1.165) is 42.8 Å². The highest BCUT2D eigenvalue weighted by atomic mass is 19.1. The van der Waals surface area contributed by atoms with E-state index in [-0.39, 0.29) is 5.82 Å². The molecule has 41 heavy (non-hydrogen) atoms. The van der Waals surface area contributed by atoms with Crippen molar-refractivity contribution in [3.05, 3.63) is 83.4 Å². The third-order valence-electron chi connectivity index (χ3n) is 7.26. The van der Waals surface area contributed by atoms with E-state index in [2.05, 4.69) is 21.2 Å². The van der Waals surface area contributed by atoms with Crippen molar-refractivity contribution < 1.29 is 13.9 Å². The van der Waals surface area contributed by atoms with Crippen LogP contribution in [0, 0.1) is 17.1 Å². The van der Waals surface area contributed by atoms with Crippen LogP contribution in [0.3, 0.4) is 0 Å². The first-order valence-corrected chi connectivity index (χ1v) is 13.3. The van der Waals surface area contributed by atoms with E-state index >= 15 is 0 Å². The maximum Gasteiger partial charge on any atom is 0.226 e. The van der Waals surface area contributed by atoms with Gasteiger partial charge in [-0.3, -0.25) is 4.90 Å². The Bertz CT molecular complexity index is 1720. The highest BCUT2D eigenvalue weighted by Gasteiger charge is 2.21. The zero-order valence-electron chi connectivity index (χ0n) is 22.8. The lowest BCUT2D eigenvalue weighted by molar-refractivity contribution is 0.244. The van der Waals surface area contributed by atoms with Gasteiger partial charge in [0.1, 0.15) is 23.4 Å². The minimum absolute atomic E-state index is 0.230. The molecule has 1 aliphatic rings. The molecule has 0 radical (unpaired) electrons. The van der Waals surface area contributed by atoms with Crippen LogP contribution in [0.4, 0.5) is 16.0 Å². The van der Waals surface area contributed by atoms with Crippen LogP contribution < -0.4 is 19.7 Å². The number of anilines is 2. The number of fused-ring (bicyclic) bond motifs is 3. The number of ether oxygens (including phenoxy) is 2. The third-order valence-corrected chi connectivity index (χ3v) is 7.26. The smallest absolute Gasteiger partial charge is 0.226 e. The molecule has 3 aromatic carbocycles. The number of methoxy groups -OCH3 is 2. The van der Waals surface area contributed by atoms with Crippen molar-refractivity contribution in [1.82, 2.24) is 24.5 Å². The summed E-state index contributed by atoms with van der Waals surface area (Å²) in [6.45, 7) is 4.31. The molecular weight excluding hydrogens is 523 g/mol. The number of para-hydroxylation sites is 1. The molecule has 5 aromatic rings. The van der Waals surface area contributed by atoms with Gasteiger partial charge in [-0.2, -0.15) is 9.78 Å². The largest absolute Gasteiger partial charge is 0.497 e. The molecule has 208 valence electrons. The van der Waals surface area contributed by atoms with Crippen LogP contribution in [-0.4, -0.2) is 64.9 Å². The predicted octanol–water partition coefficient (Wildman–Crippen LogP) is 4.24. The molecule has 0 bridgehead atoms. The van der Waals surface area contributed by atoms with Gasteiger partial charge < -0.3 is 19.7 Å². The monoisotopic (exact) mass is 552 g/mol. The minimum Gasteiger partial charge on any atom is -0.497 e. The fourth-order valence-corrected chi connectivity index (χ4v) is 5.11. The van der Waals surface area contributed by atoms with Crippen LogP contribution in [0.5, 0.6) is 11.5 Å². The van der Waals surface area contributed by atoms with Crippen LogP contribution in [0.25, 0.3) is 16.6 Å². The summed E-state index contributed by atoms with van der Waals surface area (Å²) in [5.74, 6) is 2.30. The zero-order valence-corrected chi connectivity index (χ0v) is 22.8. The van der Waals surface area contributed by atoms with Crippen molar-refractivity contribution in [3.63, 3.8) is 0 Å². The molecule has 0 saturated carbocycles. The summed E-state index contributed by atoms with van der Waals surface area (Å²) in [5.41, 5.74) is 3.63. The molecule has 0 spiro atoms. The first-order valence-electron chi connectivity index (χ1n) is 13.3. The van der Waals surface area contributed by atoms with Gasteiger partial charge in [-0.25, -0.2) is 14.4 Å². The Kier molecular flexibility index (Phi) is 7.22. The van der Waals surface area contributed by atoms with Gasteiger partial charge in [0.25, 0.3) is 0 Å². The van der Waals surface area contributed by atoms with Gasteiger partial charge in [0, 0.05) is 49.9 Å². The summed E-state index contributed by atoms with van der Waals surface area (Å²) in [4.78, 5) is 14.3. The van der Waals surface area contributed by atoms with E-state index in [4.69, 9.17) is 24.5 Å². The van der Waals surface area contributed by atoms with Gasteiger partial charge in [0.05, 0.1) is 31.8 Å². The number of hydrogen-bond acceptors (Lipinski definition) is 9. The quantitative estimate of drug-likeness (QED) is 0.303. The van der Waals surface area contributed by atoms with Crippen LogP contribution in [0.15, 0.2) is 60.7 Å². The van der Waals surface area contributed by atoms with E-state index in [0.29, 0.717) is 53.1 Å². The highest BCUT2D eigenvalue weighted by molar-refractivity contribution is 5.95. The number of halogens is 1. The Morgan fingerprint density at radius 2 is 1.68 bits per heavy atom. The summed E-state index contributed by atoms with van der Waals surface area (Å²) in [7, 11) is 3.23. The molecule has 0 aliphatic carbocycles. The average molecular weight is 553 g/mol. The maximum absolute atomic E-state index is 13.3. The average Bonchev–Trinajstić information content (AvgIpc) is 3.44. The number of rotatable bonds is 8. The first kappa shape index (κ1) is 26.3. The Hall–Kier alpha value is -4.95. The van der Waals surface area contributed by atoms with Crippen molar-refractivity contribution in [3.8, 4) is 17.6 Å². The van der Waals surface area contributed by atoms with Gasteiger partial charge in [0.2, 0.25) is 5.95 Å². The molecule has 2 aromatic heterocycles. The molecule has 11 heteroatoms. The SMILES string of the molecule is COc1cc(CNc2nc3c(C#N)cccc3c3nc(CN4CCN(c5ccc(F)cc5)CC4)nn23)cc(OC)c1. The van der Waals surface area contributed by atoms with E-state index in [1.165, 1.54) is 12.1 Å². The van der Waals surface area contributed by atoms with Crippen LogP contribution in [0.1, 0.15) is 17.0 Å². The van der Waals surface area contributed by atoms with Crippen LogP contribution in [0.2, 0.25) is 0 Å². The lowest BCUT2D eigenvalue weighted by atomic mass is 10.1. The van der Waals surface area contributed by atoms with E-state index < -0.39 is 0 Å². The van der Waals surface area contributed by atoms with E-state index in [1.807, 2.05) is 42.5 Å². The van der Waals surface area contributed by atoms with Gasteiger partial charge in [-0.05, 0) is 54.1 Å². The standard InChI is InChI=1S/C30H29FN8O2/c1-40-24-14-20(15-25(16-24)41-2)18-33-30-35-28-21(17-32)4-3-5-26(28)29-34-27(36-39(29)30)19-37-10-12-38(13-11-37)23-8-6-22(31)7-9-23/h3-9,14-16H,10-13,18-19H2,1-2H3,(H,33,35). The maximum atomic E-state index is 13.3. The lowest BCUT2D eigenvalue weighted by Crippen LogP contribution is -2.46. The van der Waals surface area contributed by atoms with Crippen LogP contribution >= 0.6 is 0 Å². The molecule has 1 saturated heterocycles. The van der Waals surface area contributed by atoms with Gasteiger partial charge in [-0.1, -0.05) is 6.07 Å². The summed E-state index contributed by atoms with van der Waals surface area (Å²) in [6, 6.07) is 20.0. The second-order valence-electron chi connectivity index (χ2n) is 9.83. The molecule has 0 unspecified atom stereocenters. The molecule has 1 N–H and O–H groups in total. The third kappa shape index (κ3) is 5.42. The number of aromatic nitrogens is 4. The van der Waals surface area contributed by atoms with E-state index in [1.54, 1.807) is 24.8 Å². The topological polar surface area (TPSA) is 104 Å². The van der Waals surface area contributed by atoms with Gasteiger partial charge in [-0.15, -0.1) is 5.10 Å². The molecule has 1 fully saturated rings. The van der Waals surface area contributed by atoms with Crippen molar-refractivity contribution in [2.75, 3.05) is 50.6 Å². The van der Waals surface area contributed by atoms with Crippen molar-refractivity contribution in [2.45, 2.75) is 13.1 Å². The molecule has 10 nitrogen and oxygen atoms in total. The molecular formula is C30H29FN8O2. The lowest BCUT2D eigenvalue weighted by Gasteiger charge is -2.35. The zero-order chi connectivity index (χ0) is 28.3. The number of nitrogens with one attached hydrogen (secondary N) is 1. The van der Waals surface area contributed by atoms with Crippen molar-refractivity contribution in [1.29, 1.82) is 5.26 Å². The molecule has 0 amide bonds. The number of hydrogen-bond donors (Lipinski definition) is 1. The number of benzene rings is 3.